The minimum atomic E-state index is -0.910. The molecule has 9 heteroatoms. The maximum Gasteiger partial charge on any atom is 0.289 e. The van der Waals surface area contributed by atoms with Crippen LogP contribution in [-0.4, -0.2) is 40.1 Å². The van der Waals surface area contributed by atoms with E-state index in [9.17, 15) is 18.8 Å². The highest BCUT2D eigenvalue weighted by Crippen LogP contribution is 2.35. The summed E-state index contributed by atoms with van der Waals surface area (Å²) in [5.74, 6) is -1.61. The first-order valence-corrected chi connectivity index (χ1v) is 11.9. The highest BCUT2D eigenvalue weighted by Gasteiger charge is 2.34. The average molecular weight is 504 g/mol. The normalized spacial score (nSPS) is 16.4. The average Bonchev–Trinajstić information content (AvgIpc) is 2.90. The van der Waals surface area contributed by atoms with Crippen molar-refractivity contribution in [3.05, 3.63) is 105 Å². The van der Waals surface area contributed by atoms with E-state index in [2.05, 4.69) is 9.88 Å². The SMILES string of the molecule is CC1CN(c2c(F)c(=O)n(C)c3ccc(C#N)nc23)CCN1C(c1ccc(F)cc1)c1ccc(F)cc1. The molecule has 6 nitrogen and oxygen atoms in total. The molecule has 1 aliphatic heterocycles. The molecule has 1 fully saturated rings. The van der Waals surface area contributed by atoms with Gasteiger partial charge in [-0.2, -0.15) is 9.65 Å². The summed E-state index contributed by atoms with van der Waals surface area (Å²) < 4.78 is 44.0. The van der Waals surface area contributed by atoms with Crippen LogP contribution >= 0.6 is 0 Å². The van der Waals surface area contributed by atoms with Gasteiger partial charge in [-0.05, 0) is 54.4 Å². The number of anilines is 1. The van der Waals surface area contributed by atoms with Crippen LogP contribution in [-0.2, 0) is 7.05 Å². The van der Waals surface area contributed by atoms with Crippen molar-refractivity contribution in [1.82, 2.24) is 14.5 Å². The third-order valence-electron chi connectivity index (χ3n) is 6.97. The summed E-state index contributed by atoms with van der Waals surface area (Å²) in [7, 11) is 1.47. The molecule has 1 unspecified atom stereocenters. The number of hydrogen-bond donors (Lipinski definition) is 0. The summed E-state index contributed by atoms with van der Waals surface area (Å²) in [5, 5.41) is 9.34. The largest absolute Gasteiger partial charge is 0.364 e. The molecule has 1 saturated heterocycles. The van der Waals surface area contributed by atoms with E-state index in [0.29, 0.717) is 25.2 Å². The summed E-state index contributed by atoms with van der Waals surface area (Å²) >= 11 is 0. The number of benzene rings is 2. The zero-order valence-corrected chi connectivity index (χ0v) is 20.3. The second-order valence-electron chi connectivity index (χ2n) is 9.24. The van der Waals surface area contributed by atoms with Crippen LogP contribution in [0, 0.1) is 28.8 Å². The van der Waals surface area contributed by atoms with Gasteiger partial charge < -0.3 is 9.47 Å². The zero-order chi connectivity index (χ0) is 26.3. The van der Waals surface area contributed by atoms with E-state index in [-0.39, 0.29) is 40.6 Å². The predicted octanol–water partition coefficient (Wildman–Crippen LogP) is 4.52. The predicted molar refractivity (Wildman–Crippen MR) is 135 cm³/mol. The number of piperazine rings is 1. The van der Waals surface area contributed by atoms with Crippen molar-refractivity contribution in [1.29, 1.82) is 5.26 Å². The molecular formula is C28H24F3N5O. The van der Waals surface area contributed by atoms with Crippen LogP contribution in [0.4, 0.5) is 18.9 Å². The Morgan fingerprint density at radius 2 is 1.54 bits per heavy atom. The summed E-state index contributed by atoms with van der Waals surface area (Å²) in [6, 6.07) is 17.1. The van der Waals surface area contributed by atoms with Crippen LogP contribution in [0.1, 0.15) is 29.8 Å². The molecule has 0 radical (unpaired) electrons. The number of nitriles is 1. The lowest BCUT2D eigenvalue weighted by Crippen LogP contribution is -2.53. The Bertz CT molecular complexity index is 1520. The molecule has 0 N–H and O–H groups in total. The minimum Gasteiger partial charge on any atom is -0.364 e. The van der Waals surface area contributed by atoms with Gasteiger partial charge in [-0.25, -0.2) is 13.8 Å². The van der Waals surface area contributed by atoms with Gasteiger partial charge in [0.2, 0.25) is 5.82 Å². The molecule has 0 bridgehead atoms. The van der Waals surface area contributed by atoms with E-state index in [1.807, 2.05) is 13.0 Å². The number of halogens is 3. The molecule has 188 valence electrons. The second-order valence-corrected chi connectivity index (χ2v) is 9.24. The fourth-order valence-electron chi connectivity index (χ4n) is 5.13. The Labute approximate surface area is 211 Å². The van der Waals surface area contributed by atoms with Gasteiger partial charge in [0.1, 0.15) is 34.6 Å². The lowest BCUT2D eigenvalue weighted by atomic mass is 9.94. The zero-order valence-electron chi connectivity index (χ0n) is 20.3. The molecular weight excluding hydrogens is 479 g/mol. The van der Waals surface area contributed by atoms with Crippen molar-refractivity contribution in [2.45, 2.75) is 19.0 Å². The monoisotopic (exact) mass is 503 g/mol. The Balaban J connectivity index is 1.54. The fraction of sp³-hybridized carbons (Fsp3) is 0.250. The molecule has 37 heavy (non-hydrogen) atoms. The first kappa shape index (κ1) is 24.5. The highest BCUT2D eigenvalue weighted by atomic mass is 19.1. The number of pyridine rings is 2. The van der Waals surface area contributed by atoms with Crippen molar-refractivity contribution < 1.29 is 13.2 Å². The molecule has 0 saturated carbocycles. The summed E-state index contributed by atoms with van der Waals surface area (Å²) in [6.45, 7) is 3.22. The number of hydrogen-bond acceptors (Lipinski definition) is 5. The first-order chi connectivity index (χ1) is 17.8. The van der Waals surface area contributed by atoms with Crippen molar-refractivity contribution in [2.75, 3.05) is 24.5 Å². The minimum absolute atomic E-state index is 0.0850. The number of aromatic nitrogens is 2. The molecule has 0 amide bonds. The van der Waals surface area contributed by atoms with Crippen LogP contribution in [0.15, 0.2) is 65.5 Å². The van der Waals surface area contributed by atoms with Crippen LogP contribution in [0.2, 0.25) is 0 Å². The molecule has 1 atom stereocenters. The first-order valence-electron chi connectivity index (χ1n) is 11.9. The van der Waals surface area contributed by atoms with Gasteiger partial charge in [-0.3, -0.25) is 9.69 Å². The van der Waals surface area contributed by atoms with Gasteiger partial charge in [0.25, 0.3) is 5.56 Å². The van der Waals surface area contributed by atoms with Crippen molar-refractivity contribution >= 4 is 16.7 Å². The van der Waals surface area contributed by atoms with Gasteiger partial charge in [0.05, 0.1) is 11.6 Å². The smallest absolute Gasteiger partial charge is 0.289 e. The maximum atomic E-state index is 15.4. The van der Waals surface area contributed by atoms with Gasteiger partial charge in [-0.1, -0.05) is 24.3 Å². The highest BCUT2D eigenvalue weighted by molar-refractivity contribution is 5.89. The molecule has 1 aliphatic rings. The molecule has 0 spiro atoms. The van der Waals surface area contributed by atoms with Crippen LogP contribution in [0.5, 0.6) is 0 Å². The summed E-state index contributed by atoms with van der Waals surface area (Å²) in [4.78, 5) is 21.0. The number of nitrogens with zero attached hydrogens (tertiary/aromatic N) is 5. The van der Waals surface area contributed by atoms with E-state index in [0.717, 1.165) is 11.1 Å². The Morgan fingerprint density at radius 3 is 2.08 bits per heavy atom. The molecule has 3 heterocycles. The van der Waals surface area contributed by atoms with E-state index < -0.39 is 11.4 Å². The molecule has 2 aromatic heterocycles. The maximum absolute atomic E-state index is 15.4. The van der Waals surface area contributed by atoms with Crippen LogP contribution < -0.4 is 10.5 Å². The van der Waals surface area contributed by atoms with E-state index in [1.54, 1.807) is 35.2 Å². The Hall–Kier alpha value is -4.16. The summed E-state index contributed by atoms with van der Waals surface area (Å²) in [5.41, 5.74) is 1.84. The number of aryl methyl sites for hydroxylation is 1. The topological polar surface area (TPSA) is 65.2 Å². The van der Waals surface area contributed by atoms with Gasteiger partial charge in [0, 0.05) is 32.7 Å². The van der Waals surface area contributed by atoms with E-state index >= 15 is 4.39 Å². The van der Waals surface area contributed by atoms with Crippen LogP contribution in [0.25, 0.3) is 11.0 Å². The van der Waals surface area contributed by atoms with Gasteiger partial charge in [-0.15, -0.1) is 0 Å². The van der Waals surface area contributed by atoms with Crippen LogP contribution in [0.3, 0.4) is 0 Å². The third-order valence-corrected chi connectivity index (χ3v) is 6.97. The van der Waals surface area contributed by atoms with Gasteiger partial charge in [0.15, 0.2) is 0 Å². The fourth-order valence-corrected chi connectivity index (χ4v) is 5.13. The Kier molecular flexibility index (Phi) is 6.44. The molecule has 0 aliphatic carbocycles. The lowest BCUT2D eigenvalue weighted by Gasteiger charge is -2.45. The standard InChI is InChI=1S/C28H24F3N5O/c1-17-16-35(27-24(31)28(37)34(2)23-12-11-22(15-32)33-25(23)27)13-14-36(17)26(18-3-7-20(29)8-4-18)19-5-9-21(30)10-6-19/h3-12,17,26H,13-14,16H2,1-2H3. The van der Waals surface area contributed by atoms with Crippen molar-refractivity contribution in [3.8, 4) is 6.07 Å². The Morgan fingerprint density at radius 1 is 0.946 bits per heavy atom. The van der Waals surface area contributed by atoms with Crippen molar-refractivity contribution in [3.63, 3.8) is 0 Å². The molecule has 4 aromatic rings. The number of fused-ring (bicyclic) bond motifs is 1. The van der Waals surface area contributed by atoms with Gasteiger partial charge >= 0.3 is 0 Å². The number of rotatable bonds is 4. The second kappa shape index (κ2) is 9.71. The van der Waals surface area contributed by atoms with E-state index in [4.69, 9.17) is 0 Å². The van der Waals surface area contributed by atoms with E-state index in [1.165, 1.54) is 41.9 Å². The molecule has 2 aromatic carbocycles. The lowest BCUT2D eigenvalue weighted by molar-refractivity contribution is 0.149. The summed E-state index contributed by atoms with van der Waals surface area (Å²) in [6.07, 6.45) is 0. The molecule has 5 rings (SSSR count). The quantitative estimate of drug-likeness (QED) is 0.410. The third kappa shape index (κ3) is 4.45. The van der Waals surface area contributed by atoms with Crippen molar-refractivity contribution in [2.24, 2.45) is 7.05 Å².